The van der Waals surface area contributed by atoms with Gasteiger partial charge in [-0.25, -0.2) is 8.42 Å². The van der Waals surface area contributed by atoms with Gasteiger partial charge in [0.05, 0.1) is 17.5 Å². The van der Waals surface area contributed by atoms with Gasteiger partial charge in [-0.1, -0.05) is 23.8 Å². The number of carbonyl (C=O) groups is 1. The molecule has 0 aliphatic rings. The molecule has 146 valence electrons. The Bertz CT molecular complexity index is 906. The Hall–Kier alpha value is -2.34. The van der Waals surface area contributed by atoms with E-state index in [1.54, 1.807) is 38.1 Å². The number of anilines is 1. The first-order valence-corrected chi connectivity index (χ1v) is 10.8. The summed E-state index contributed by atoms with van der Waals surface area (Å²) in [4.78, 5) is 12.6. The Morgan fingerprint density at radius 3 is 2.22 bits per heavy atom. The van der Waals surface area contributed by atoms with Gasteiger partial charge in [-0.05, 0) is 70.0 Å². The van der Waals surface area contributed by atoms with Crippen LogP contribution in [0.5, 0.6) is 0 Å². The molecule has 27 heavy (non-hydrogen) atoms. The van der Waals surface area contributed by atoms with Gasteiger partial charge in [-0.3, -0.25) is 9.10 Å². The average molecular weight is 389 g/mol. The fraction of sp³-hybridized carbons (Fsp3) is 0.381. The minimum atomic E-state index is -3.33. The highest BCUT2D eigenvalue weighted by molar-refractivity contribution is 7.92. The third-order valence-electron chi connectivity index (χ3n) is 4.64. The van der Waals surface area contributed by atoms with Crippen molar-refractivity contribution in [2.45, 2.75) is 40.7 Å². The van der Waals surface area contributed by atoms with Crippen LogP contribution in [-0.2, 0) is 10.0 Å². The Morgan fingerprint density at radius 2 is 1.70 bits per heavy atom. The molecule has 0 aliphatic heterocycles. The second-order valence-electron chi connectivity index (χ2n) is 6.67. The normalized spacial score (nSPS) is 12.5. The number of benzene rings is 2. The second-order valence-corrected chi connectivity index (χ2v) is 8.85. The summed E-state index contributed by atoms with van der Waals surface area (Å²) >= 11 is 0. The summed E-state index contributed by atoms with van der Waals surface area (Å²) < 4.78 is 25.7. The molecule has 0 radical (unpaired) electrons. The zero-order chi connectivity index (χ0) is 20.2. The monoisotopic (exact) mass is 388 g/mol. The molecule has 0 aliphatic carbocycles. The van der Waals surface area contributed by atoms with Crippen molar-refractivity contribution in [2.75, 3.05) is 16.6 Å². The van der Waals surface area contributed by atoms with Crippen LogP contribution in [0.4, 0.5) is 5.69 Å². The molecule has 2 aromatic rings. The van der Waals surface area contributed by atoms with Crippen LogP contribution in [0.25, 0.3) is 0 Å². The Labute approximate surface area is 162 Å². The van der Waals surface area contributed by atoms with Crippen molar-refractivity contribution in [1.82, 2.24) is 5.32 Å². The molecular weight excluding hydrogens is 360 g/mol. The molecule has 2 rings (SSSR count). The number of carbonyl (C=O) groups excluding carboxylic acids is 1. The molecule has 5 nitrogen and oxygen atoms in total. The van der Waals surface area contributed by atoms with Gasteiger partial charge in [-0.2, -0.15) is 0 Å². The highest BCUT2D eigenvalue weighted by Crippen LogP contribution is 2.21. The molecule has 1 amide bonds. The fourth-order valence-corrected chi connectivity index (χ4v) is 4.29. The van der Waals surface area contributed by atoms with Gasteiger partial charge in [-0.15, -0.1) is 0 Å². The number of rotatable bonds is 7. The van der Waals surface area contributed by atoms with Gasteiger partial charge in [0.25, 0.3) is 5.91 Å². The first-order chi connectivity index (χ1) is 12.7. The summed E-state index contributed by atoms with van der Waals surface area (Å²) in [6.45, 7) is 9.79. The van der Waals surface area contributed by atoms with Crippen LogP contribution in [0.2, 0.25) is 0 Å². The van der Waals surface area contributed by atoms with E-state index in [0.717, 1.165) is 11.1 Å². The smallest absolute Gasteiger partial charge is 0.251 e. The predicted octanol–water partition coefficient (Wildman–Crippen LogP) is 3.97. The lowest BCUT2D eigenvalue weighted by molar-refractivity contribution is 0.0940. The molecule has 0 bridgehead atoms. The van der Waals surface area contributed by atoms with Gasteiger partial charge in [0.15, 0.2) is 0 Å². The first-order valence-electron chi connectivity index (χ1n) is 9.18. The van der Waals surface area contributed by atoms with Gasteiger partial charge in [0.1, 0.15) is 0 Å². The van der Waals surface area contributed by atoms with Crippen LogP contribution in [0.3, 0.4) is 0 Å². The molecule has 1 unspecified atom stereocenters. The molecule has 0 fully saturated rings. The number of aryl methyl sites for hydroxylation is 2. The predicted molar refractivity (Wildman–Crippen MR) is 111 cm³/mol. The lowest BCUT2D eigenvalue weighted by Crippen LogP contribution is -2.32. The summed E-state index contributed by atoms with van der Waals surface area (Å²) in [7, 11) is -3.33. The SMILES string of the molecule is CCN(c1ccc(C(=O)NC(C)c2ccc(C)cc2C)cc1)S(=O)(=O)CC. The highest BCUT2D eigenvalue weighted by Gasteiger charge is 2.19. The average Bonchev–Trinajstić information content (AvgIpc) is 2.62. The number of hydrogen-bond donors (Lipinski definition) is 1. The van der Waals surface area contributed by atoms with Crippen molar-refractivity contribution in [3.8, 4) is 0 Å². The Kier molecular flexibility index (Phi) is 6.65. The van der Waals surface area contributed by atoms with Crippen LogP contribution in [0, 0.1) is 13.8 Å². The minimum Gasteiger partial charge on any atom is -0.346 e. The van der Waals surface area contributed by atoms with Crippen LogP contribution < -0.4 is 9.62 Å². The van der Waals surface area contributed by atoms with Crippen molar-refractivity contribution in [3.05, 3.63) is 64.7 Å². The molecule has 1 atom stereocenters. The van der Waals surface area contributed by atoms with Crippen LogP contribution in [0.1, 0.15) is 53.9 Å². The maximum absolute atomic E-state index is 12.6. The third-order valence-corrected chi connectivity index (χ3v) is 6.51. The first kappa shape index (κ1) is 21.0. The van der Waals surface area contributed by atoms with Crippen molar-refractivity contribution >= 4 is 21.6 Å². The lowest BCUT2D eigenvalue weighted by atomic mass is 10.00. The van der Waals surface area contributed by atoms with E-state index in [1.807, 2.05) is 32.9 Å². The molecule has 2 aromatic carbocycles. The summed E-state index contributed by atoms with van der Waals surface area (Å²) in [6, 6.07) is 12.7. The molecule has 0 spiro atoms. The van der Waals surface area contributed by atoms with E-state index in [9.17, 15) is 13.2 Å². The topological polar surface area (TPSA) is 66.5 Å². The van der Waals surface area contributed by atoms with E-state index in [4.69, 9.17) is 0 Å². The number of nitrogens with one attached hydrogen (secondary N) is 1. The summed E-state index contributed by atoms with van der Waals surface area (Å²) in [5.74, 6) is -0.147. The Balaban J connectivity index is 2.15. The van der Waals surface area contributed by atoms with E-state index in [2.05, 4.69) is 11.4 Å². The maximum Gasteiger partial charge on any atom is 0.251 e. The lowest BCUT2D eigenvalue weighted by Gasteiger charge is -2.22. The van der Waals surface area contributed by atoms with E-state index in [1.165, 1.54) is 9.87 Å². The number of sulfonamides is 1. The van der Waals surface area contributed by atoms with Crippen LogP contribution >= 0.6 is 0 Å². The van der Waals surface area contributed by atoms with Gasteiger partial charge in [0.2, 0.25) is 10.0 Å². The molecule has 0 saturated carbocycles. The summed E-state index contributed by atoms with van der Waals surface area (Å²) in [5, 5.41) is 3.01. The fourth-order valence-electron chi connectivity index (χ4n) is 3.14. The van der Waals surface area contributed by atoms with E-state index in [0.29, 0.717) is 17.8 Å². The zero-order valence-electron chi connectivity index (χ0n) is 16.6. The zero-order valence-corrected chi connectivity index (χ0v) is 17.4. The van der Waals surface area contributed by atoms with E-state index < -0.39 is 10.0 Å². The minimum absolute atomic E-state index is 0.0382. The van der Waals surface area contributed by atoms with Crippen molar-refractivity contribution in [3.63, 3.8) is 0 Å². The third kappa shape index (κ3) is 4.89. The molecule has 0 aromatic heterocycles. The van der Waals surface area contributed by atoms with E-state index in [-0.39, 0.29) is 17.7 Å². The summed E-state index contributed by atoms with van der Waals surface area (Å²) in [5.41, 5.74) is 4.48. The van der Waals surface area contributed by atoms with Gasteiger partial charge >= 0.3 is 0 Å². The largest absolute Gasteiger partial charge is 0.346 e. The molecule has 6 heteroatoms. The number of nitrogens with zero attached hydrogens (tertiary/aromatic N) is 1. The molecule has 1 N–H and O–H groups in total. The van der Waals surface area contributed by atoms with Crippen LogP contribution in [-0.4, -0.2) is 26.6 Å². The number of amides is 1. The highest BCUT2D eigenvalue weighted by atomic mass is 32.2. The van der Waals surface area contributed by atoms with Gasteiger partial charge in [0, 0.05) is 12.1 Å². The quantitative estimate of drug-likeness (QED) is 0.780. The van der Waals surface area contributed by atoms with Gasteiger partial charge < -0.3 is 5.32 Å². The van der Waals surface area contributed by atoms with E-state index >= 15 is 0 Å². The van der Waals surface area contributed by atoms with Crippen molar-refractivity contribution in [2.24, 2.45) is 0 Å². The van der Waals surface area contributed by atoms with Crippen LogP contribution in [0.15, 0.2) is 42.5 Å². The molecule has 0 saturated heterocycles. The molecule has 0 heterocycles. The molecular formula is C21H28N2O3S. The van der Waals surface area contributed by atoms with Crippen molar-refractivity contribution < 1.29 is 13.2 Å². The van der Waals surface area contributed by atoms with Crippen molar-refractivity contribution in [1.29, 1.82) is 0 Å². The summed E-state index contributed by atoms with van der Waals surface area (Å²) in [6.07, 6.45) is 0. The number of hydrogen-bond acceptors (Lipinski definition) is 3. The maximum atomic E-state index is 12.6. The second kappa shape index (κ2) is 8.57. The standard InChI is InChI=1S/C21H28N2O3S/c1-6-23(27(25,26)7-2)19-11-9-18(10-12-19)21(24)22-17(5)20-13-8-15(3)14-16(20)4/h8-14,17H,6-7H2,1-5H3,(H,22,24). The Morgan fingerprint density at radius 1 is 1.07 bits per heavy atom.